The van der Waals surface area contributed by atoms with Crippen LogP contribution < -0.4 is 10.5 Å². The lowest BCUT2D eigenvalue weighted by molar-refractivity contribution is -0.0172. The molecule has 0 atom stereocenters. The topological polar surface area (TPSA) is 58.2 Å². The molecule has 0 radical (unpaired) electrons. The van der Waals surface area contributed by atoms with Crippen LogP contribution in [-0.4, -0.2) is 35.8 Å². The Morgan fingerprint density at radius 3 is 2.93 bits per heavy atom. The molecule has 0 aliphatic carbocycles. The molecular formula is C9H12IN3O2. The van der Waals surface area contributed by atoms with Gasteiger partial charge in [0.15, 0.2) is 0 Å². The van der Waals surface area contributed by atoms with E-state index in [1.165, 1.54) is 6.33 Å². The summed E-state index contributed by atoms with van der Waals surface area (Å²) in [6, 6.07) is 0. The van der Waals surface area contributed by atoms with Crippen LogP contribution in [0.15, 0.2) is 11.1 Å². The average Bonchev–Trinajstić information content (AvgIpc) is 2.18. The number of aromatic nitrogens is 2. The molecule has 1 aliphatic heterocycles. The maximum atomic E-state index is 11.4. The fourth-order valence-corrected chi connectivity index (χ4v) is 2.27. The van der Waals surface area contributed by atoms with E-state index < -0.39 is 0 Å². The van der Waals surface area contributed by atoms with E-state index in [4.69, 9.17) is 4.74 Å². The van der Waals surface area contributed by atoms with Crippen LogP contribution in [0, 0.1) is 3.57 Å². The Morgan fingerprint density at radius 2 is 2.33 bits per heavy atom. The van der Waals surface area contributed by atoms with Gasteiger partial charge in [-0.3, -0.25) is 4.79 Å². The second-order valence-corrected chi connectivity index (χ2v) is 4.96. The van der Waals surface area contributed by atoms with Crippen LogP contribution in [0.25, 0.3) is 0 Å². The van der Waals surface area contributed by atoms with Gasteiger partial charge in [-0.25, -0.2) is 4.98 Å². The molecule has 0 saturated carbocycles. The Morgan fingerprint density at radius 1 is 1.67 bits per heavy atom. The molecule has 0 amide bonds. The van der Waals surface area contributed by atoms with Crippen LogP contribution in [0.2, 0.25) is 0 Å². The molecule has 1 aromatic rings. The van der Waals surface area contributed by atoms with Crippen molar-refractivity contribution >= 4 is 28.4 Å². The molecule has 1 N–H and O–H groups in total. The Kier molecular flexibility index (Phi) is 2.72. The van der Waals surface area contributed by atoms with Gasteiger partial charge in [-0.15, -0.1) is 0 Å². The van der Waals surface area contributed by atoms with E-state index in [0.29, 0.717) is 3.57 Å². The summed E-state index contributed by atoms with van der Waals surface area (Å²) >= 11 is 2.01. The summed E-state index contributed by atoms with van der Waals surface area (Å²) in [5, 5.41) is 0. The van der Waals surface area contributed by atoms with Crippen molar-refractivity contribution in [2.75, 3.05) is 25.1 Å². The maximum Gasteiger partial charge on any atom is 0.266 e. The largest absolute Gasteiger partial charge is 0.375 e. The minimum absolute atomic E-state index is 0.0911. The zero-order chi connectivity index (χ0) is 11.1. The van der Waals surface area contributed by atoms with Crippen molar-refractivity contribution < 1.29 is 4.74 Å². The first-order chi connectivity index (χ1) is 7.06. The number of halogens is 1. The monoisotopic (exact) mass is 321 g/mol. The molecule has 0 unspecified atom stereocenters. The van der Waals surface area contributed by atoms with Crippen molar-refractivity contribution in [2.45, 2.75) is 12.5 Å². The number of ether oxygens (including phenoxy) is 1. The number of rotatable bonds is 2. The van der Waals surface area contributed by atoms with Crippen LogP contribution in [0.5, 0.6) is 0 Å². The van der Waals surface area contributed by atoms with Gasteiger partial charge >= 0.3 is 0 Å². The van der Waals surface area contributed by atoms with Gasteiger partial charge in [-0.05, 0) is 29.5 Å². The number of nitrogens with one attached hydrogen (secondary N) is 1. The van der Waals surface area contributed by atoms with Gasteiger partial charge in [0.2, 0.25) is 0 Å². The number of anilines is 1. The lowest BCUT2D eigenvalue weighted by atomic mass is 9.97. The van der Waals surface area contributed by atoms with E-state index in [2.05, 4.69) is 9.97 Å². The number of nitrogens with zero attached hydrogens (tertiary/aromatic N) is 2. The second kappa shape index (κ2) is 3.75. The van der Waals surface area contributed by atoms with Crippen molar-refractivity contribution in [3.8, 4) is 0 Å². The van der Waals surface area contributed by atoms with Gasteiger partial charge in [0, 0.05) is 20.2 Å². The third-order valence-electron chi connectivity index (χ3n) is 2.62. The second-order valence-electron chi connectivity index (χ2n) is 3.88. The van der Waals surface area contributed by atoms with Crippen LogP contribution in [0.4, 0.5) is 5.82 Å². The molecule has 0 bridgehead atoms. The Hall–Kier alpha value is -0.630. The first-order valence-corrected chi connectivity index (χ1v) is 5.67. The van der Waals surface area contributed by atoms with Crippen LogP contribution in [0.1, 0.15) is 6.92 Å². The third kappa shape index (κ3) is 1.87. The normalized spacial score (nSPS) is 18.7. The number of aromatic amines is 1. The lowest BCUT2D eigenvalue weighted by Crippen LogP contribution is -2.61. The highest BCUT2D eigenvalue weighted by Crippen LogP contribution is 2.29. The highest BCUT2D eigenvalue weighted by atomic mass is 127. The minimum atomic E-state index is -0.104. The van der Waals surface area contributed by atoms with Crippen molar-refractivity contribution in [1.82, 2.24) is 9.97 Å². The molecule has 1 aromatic heterocycles. The van der Waals surface area contributed by atoms with Gasteiger partial charge < -0.3 is 14.6 Å². The van der Waals surface area contributed by atoms with Gasteiger partial charge in [-0.1, -0.05) is 0 Å². The average molecular weight is 321 g/mol. The van der Waals surface area contributed by atoms with E-state index >= 15 is 0 Å². The molecule has 2 heterocycles. The van der Waals surface area contributed by atoms with Gasteiger partial charge in [0.25, 0.3) is 5.56 Å². The molecule has 0 aromatic carbocycles. The highest BCUT2D eigenvalue weighted by Gasteiger charge is 2.40. The van der Waals surface area contributed by atoms with E-state index in [1.807, 2.05) is 34.4 Å². The summed E-state index contributed by atoms with van der Waals surface area (Å²) in [5.74, 6) is 0.744. The molecule has 6 heteroatoms. The fraction of sp³-hybridized carbons (Fsp3) is 0.556. The fourth-order valence-electron chi connectivity index (χ4n) is 1.63. The van der Waals surface area contributed by atoms with Crippen LogP contribution >= 0.6 is 22.6 Å². The molecule has 1 fully saturated rings. The van der Waals surface area contributed by atoms with E-state index in [0.717, 1.165) is 18.9 Å². The first-order valence-electron chi connectivity index (χ1n) is 4.59. The molecule has 1 saturated heterocycles. The van der Waals surface area contributed by atoms with Gasteiger partial charge in [0.05, 0.1) is 11.9 Å². The first kappa shape index (κ1) is 10.9. The Balaban J connectivity index is 2.20. The quantitative estimate of drug-likeness (QED) is 0.811. The summed E-state index contributed by atoms with van der Waals surface area (Å²) in [7, 11) is 1.70. The zero-order valence-electron chi connectivity index (χ0n) is 8.58. The lowest BCUT2D eigenvalue weighted by Gasteiger charge is -2.47. The summed E-state index contributed by atoms with van der Waals surface area (Å²) in [6.07, 6.45) is 1.43. The zero-order valence-corrected chi connectivity index (χ0v) is 10.7. The molecule has 1 aliphatic rings. The van der Waals surface area contributed by atoms with Crippen molar-refractivity contribution in [3.63, 3.8) is 0 Å². The Bertz CT molecular complexity index is 426. The molecule has 82 valence electrons. The molecular weight excluding hydrogens is 309 g/mol. The van der Waals surface area contributed by atoms with Crippen LogP contribution in [-0.2, 0) is 4.74 Å². The summed E-state index contributed by atoms with van der Waals surface area (Å²) in [6.45, 7) is 3.59. The third-order valence-corrected chi connectivity index (χ3v) is 3.59. The van der Waals surface area contributed by atoms with Gasteiger partial charge in [-0.2, -0.15) is 0 Å². The number of hydrogen-bond donors (Lipinski definition) is 1. The van der Waals surface area contributed by atoms with Crippen molar-refractivity contribution in [2.24, 2.45) is 0 Å². The minimum Gasteiger partial charge on any atom is -0.375 e. The molecule has 2 rings (SSSR count). The van der Waals surface area contributed by atoms with Crippen molar-refractivity contribution in [3.05, 3.63) is 20.3 Å². The number of hydrogen-bond acceptors (Lipinski definition) is 4. The maximum absolute atomic E-state index is 11.4. The van der Waals surface area contributed by atoms with Gasteiger partial charge in [0.1, 0.15) is 9.39 Å². The predicted molar refractivity (Wildman–Crippen MR) is 65.2 cm³/mol. The van der Waals surface area contributed by atoms with E-state index in [-0.39, 0.29) is 11.2 Å². The molecule has 5 nitrogen and oxygen atoms in total. The smallest absolute Gasteiger partial charge is 0.266 e. The highest BCUT2D eigenvalue weighted by molar-refractivity contribution is 14.1. The van der Waals surface area contributed by atoms with Crippen molar-refractivity contribution in [1.29, 1.82) is 0 Å². The van der Waals surface area contributed by atoms with E-state index in [1.54, 1.807) is 7.11 Å². The Labute approximate surface area is 101 Å². The predicted octanol–water partition coefficient (Wildman–Crippen LogP) is 0.600. The standard InChI is InChI=1S/C9H12IN3O2/c1-9(15-2)3-13(4-9)7-6(10)8(14)12-5-11-7/h5H,3-4H2,1-2H3,(H,11,12,14). The summed E-state index contributed by atoms with van der Waals surface area (Å²) in [4.78, 5) is 20.1. The number of methoxy groups -OCH3 is 1. The molecule has 15 heavy (non-hydrogen) atoms. The summed E-state index contributed by atoms with van der Waals surface area (Å²) in [5.41, 5.74) is -0.195. The van der Waals surface area contributed by atoms with Crippen LogP contribution in [0.3, 0.4) is 0 Å². The SMILES string of the molecule is COC1(C)CN(c2nc[nH]c(=O)c2I)C1. The summed E-state index contributed by atoms with van der Waals surface area (Å²) < 4.78 is 5.97. The number of H-pyrrole nitrogens is 1. The van der Waals surface area contributed by atoms with E-state index in [9.17, 15) is 4.79 Å². The molecule has 0 spiro atoms.